The molecule has 1 saturated heterocycles. The molecular formula is C27H26N6O2. The van der Waals surface area contributed by atoms with Gasteiger partial charge in [-0.15, -0.1) is 0 Å². The second kappa shape index (κ2) is 10.7. The van der Waals surface area contributed by atoms with Crippen LogP contribution >= 0.6 is 0 Å². The molecule has 8 nitrogen and oxygen atoms in total. The summed E-state index contributed by atoms with van der Waals surface area (Å²) in [6, 6.07) is 26.7. The highest BCUT2D eigenvalue weighted by molar-refractivity contribution is 5.99. The molecule has 35 heavy (non-hydrogen) atoms. The molecule has 5 rings (SSSR count). The van der Waals surface area contributed by atoms with E-state index >= 15 is 0 Å². The van der Waals surface area contributed by atoms with Crippen molar-refractivity contribution in [1.29, 1.82) is 0 Å². The van der Waals surface area contributed by atoms with Crippen molar-refractivity contribution < 1.29 is 9.53 Å². The maximum absolute atomic E-state index is 12.2. The first kappa shape index (κ1) is 22.4. The lowest BCUT2D eigenvalue weighted by Gasteiger charge is -2.28. The van der Waals surface area contributed by atoms with Crippen LogP contribution < -0.4 is 20.9 Å². The van der Waals surface area contributed by atoms with Crippen molar-refractivity contribution in [2.45, 2.75) is 0 Å². The summed E-state index contributed by atoms with van der Waals surface area (Å²) in [5, 5.41) is 8.91. The molecule has 0 unspecified atom stereocenters. The average molecular weight is 467 g/mol. The fraction of sp³-hybridized carbons (Fsp3) is 0.148. The number of hydrogen-bond acceptors (Lipinski definition) is 6. The van der Waals surface area contributed by atoms with E-state index in [-0.39, 0.29) is 6.03 Å². The number of nitrogens with zero attached hydrogens (tertiary/aromatic N) is 3. The molecule has 1 aliphatic rings. The number of anilines is 5. The molecule has 2 amide bonds. The Morgan fingerprint density at radius 3 is 2.14 bits per heavy atom. The number of morpholine rings is 1. The van der Waals surface area contributed by atoms with E-state index in [9.17, 15) is 4.79 Å². The third kappa shape index (κ3) is 5.93. The van der Waals surface area contributed by atoms with E-state index in [4.69, 9.17) is 4.74 Å². The van der Waals surface area contributed by atoms with E-state index in [2.05, 4.69) is 43.0 Å². The molecular weight excluding hydrogens is 440 g/mol. The van der Waals surface area contributed by atoms with Crippen molar-refractivity contribution in [1.82, 2.24) is 9.97 Å². The number of benzene rings is 3. The Balaban J connectivity index is 1.21. The maximum atomic E-state index is 12.2. The van der Waals surface area contributed by atoms with Crippen molar-refractivity contribution >= 4 is 34.7 Å². The lowest BCUT2D eigenvalue weighted by molar-refractivity contribution is 0.122. The minimum atomic E-state index is -0.294. The molecule has 1 aromatic heterocycles. The van der Waals surface area contributed by atoms with Gasteiger partial charge in [-0.05, 0) is 54.6 Å². The summed E-state index contributed by atoms with van der Waals surface area (Å²) in [4.78, 5) is 23.5. The number of amides is 2. The first-order chi connectivity index (χ1) is 17.2. The van der Waals surface area contributed by atoms with Crippen molar-refractivity contribution in [2.24, 2.45) is 0 Å². The molecule has 4 aromatic rings. The molecule has 0 spiro atoms. The number of carbonyl (C=O) groups excluding carboxylic acids is 1. The molecule has 0 aliphatic carbocycles. The van der Waals surface area contributed by atoms with Gasteiger partial charge in [0.15, 0.2) is 0 Å². The Bertz CT molecular complexity index is 1260. The van der Waals surface area contributed by atoms with Crippen LogP contribution in [-0.4, -0.2) is 42.3 Å². The molecule has 8 heteroatoms. The van der Waals surface area contributed by atoms with Gasteiger partial charge in [0.05, 0.1) is 18.9 Å². The molecule has 3 aromatic carbocycles. The number of urea groups is 1. The fourth-order valence-electron chi connectivity index (χ4n) is 3.83. The van der Waals surface area contributed by atoms with Gasteiger partial charge in [0.1, 0.15) is 0 Å². The predicted octanol–water partition coefficient (Wildman–Crippen LogP) is 5.37. The van der Waals surface area contributed by atoms with Gasteiger partial charge in [-0.2, -0.15) is 0 Å². The van der Waals surface area contributed by atoms with Gasteiger partial charge in [0, 0.05) is 47.6 Å². The average Bonchev–Trinajstić information content (AvgIpc) is 2.91. The van der Waals surface area contributed by atoms with Crippen LogP contribution in [-0.2, 0) is 4.74 Å². The number of nitrogens with one attached hydrogen (secondary N) is 3. The highest BCUT2D eigenvalue weighted by Gasteiger charge is 2.11. The summed E-state index contributed by atoms with van der Waals surface area (Å²) in [5.74, 6) is 0.520. The van der Waals surface area contributed by atoms with Crippen molar-refractivity contribution in [3.63, 3.8) is 0 Å². The summed E-state index contributed by atoms with van der Waals surface area (Å²) >= 11 is 0. The van der Waals surface area contributed by atoms with Gasteiger partial charge in [-0.1, -0.05) is 30.3 Å². The Morgan fingerprint density at radius 2 is 1.43 bits per heavy atom. The van der Waals surface area contributed by atoms with Crippen LogP contribution in [0.1, 0.15) is 0 Å². The fourth-order valence-corrected chi connectivity index (χ4v) is 3.83. The normalized spacial score (nSPS) is 13.2. The SMILES string of the molecule is O=C(Nc1ccccc1)Nc1ccc(-c2ccnc(Nc3ccc(N4CCOCC4)cc3)n2)cc1. The zero-order chi connectivity index (χ0) is 23.9. The van der Waals surface area contributed by atoms with Crippen LogP contribution in [0.5, 0.6) is 0 Å². The first-order valence-corrected chi connectivity index (χ1v) is 11.5. The molecule has 1 fully saturated rings. The Morgan fingerprint density at radius 1 is 0.771 bits per heavy atom. The zero-order valence-electron chi connectivity index (χ0n) is 19.1. The third-order valence-electron chi connectivity index (χ3n) is 5.63. The first-order valence-electron chi connectivity index (χ1n) is 11.5. The molecule has 0 bridgehead atoms. The van der Waals surface area contributed by atoms with Gasteiger partial charge in [0.25, 0.3) is 0 Å². The van der Waals surface area contributed by atoms with Gasteiger partial charge in [-0.3, -0.25) is 0 Å². The summed E-state index contributed by atoms with van der Waals surface area (Å²) in [7, 11) is 0. The Kier molecular flexibility index (Phi) is 6.82. The number of carbonyl (C=O) groups is 1. The van der Waals surface area contributed by atoms with Crippen molar-refractivity contribution in [3.8, 4) is 11.3 Å². The van der Waals surface area contributed by atoms with Crippen LogP contribution in [0.25, 0.3) is 11.3 Å². The topological polar surface area (TPSA) is 91.4 Å². The van der Waals surface area contributed by atoms with Crippen molar-refractivity contribution in [3.05, 3.63) is 91.1 Å². The monoisotopic (exact) mass is 466 g/mol. The lowest BCUT2D eigenvalue weighted by Crippen LogP contribution is -2.36. The minimum Gasteiger partial charge on any atom is -0.378 e. The molecule has 0 atom stereocenters. The Hall–Kier alpha value is -4.43. The van der Waals surface area contributed by atoms with Gasteiger partial charge in [0.2, 0.25) is 5.95 Å². The second-order valence-electron chi connectivity index (χ2n) is 8.06. The van der Waals surface area contributed by atoms with E-state index < -0.39 is 0 Å². The lowest BCUT2D eigenvalue weighted by atomic mass is 10.1. The summed E-state index contributed by atoms with van der Waals surface area (Å²) in [6.45, 7) is 3.34. The van der Waals surface area contributed by atoms with E-state index in [0.717, 1.165) is 48.9 Å². The van der Waals surface area contributed by atoms with Crippen LogP contribution in [0.15, 0.2) is 91.1 Å². The standard InChI is InChI=1S/C27H26N6O2/c34-27(30-21-4-2-1-3-5-21)31-23-8-6-20(7-9-23)25-14-15-28-26(32-25)29-22-10-12-24(13-11-22)33-16-18-35-19-17-33/h1-15H,16-19H2,(H,28,29,32)(H2,30,31,34). The predicted molar refractivity (Wildman–Crippen MR) is 139 cm³/mol. The largest absolute Gasteiger partial charge is 0.378 e. The highest BCUT2D eigenvalue weighted by atomic mass is 16.5. The number of hydrogen-bond donors (Lipinski definition) is 3. The van der Waals surface area contributed by atoms with Gasteiger partial charge in [-0.25, -0.2) is 14.8 Å². The van der Waals surface area contributed by atoms with E-state index in [1.165, 1.54) is 5.69 Å². The van der Waals surface area contributed by atoms with Crippen molar-refractivity contribution in [2.75, 3.05) is 47.2 Å². The Labute approximate surface area is 204 Å². The molecule has 176 valence electrons. The van der Waals surface area contributed by atoms with Crippen LogP contribution in [0.2, 0.25) is 0 Å². The smallest absolute Gasteiger partial charge is 0.323 e. The maximum Gasteiger partial charge on any atom is 0.323 e. The van der Waals surface area contributed by atoms with E-state index in [1.54, 1.807) is 6.20 Å². The van der Waals surface area contributed by atoms with Gasteiger partial charge >= 0.3 is 6.03 Å². The molecule has 2 heterocycles. The summed E-state index contributed by atoms with van der Waals surface area (Å²) < 4.78 is 5.42. The molecule has 3 N–H and O–H groups in total. The second-order valence-corrected chi connectivity index (χ2v) is 8.06. The van der Waals surface area contributed by atoms with Gasteiger partial charge < -0.3 is 25.6 Å². The third-order valence-corrected chi connectivity index (χ3v) is 5.63. The van der Waals surface area contributed by atoms with E-state index in [0.29, 0.717) is 11.6 Å². The minimum absolute atomic E-state index is 0.294. The number of para-hydroxylation sites is 1. The quantitative estimate of drug-likeness (QED) is 0.354. The van der Waals surface area contributed by atoms with Crippen LogP contribution in [0, 0.1) is 0 Å². The summed E-state index contributed by atoms with van der Waals surface area (Å²) in [6.07, 6.45) is 1.73. The zero-order valence-corrected chi connectivity index (χ0v) is 19.1. The molecule has 1 aliphatic heterocycles. The molecule has 0 saturated carbocycles. The van der Waals surface area contributed by atoms with E-state index in [1.807, 2.05) is 72.8 Å². The van der Waals surface area contributed by atoms with Crippen LogP contribution in [0.3, 0.4) is 0 Å². The number of ether oxygens (including phenoxy) is 1. The number of rotatable bonds is 6. The highest BCUT2D eigenvalue weighted by Crippen LogP contribution is 2.23. The molecule has 0 radical (unpaired) electrons. The van der Waals surface area contributed by atoms with Crippen LogP contribution in [0.4, 0.5) is 33.5 Å². The number of aromatic nitrogens is 2. The summed E-state index contributed by atoms with van der Waals surface area (Å²) in [5.41, 5.74) is 5.23.